The molecule has 1 heterocycles. The first-order valence-electron chi connectivity index (χ1n) is 9.54. The number of rotatable bonds is 11. The van der Waals surface area contributed by atoms with Gasteiger partial charge < -0.3 is 25.0 Å². The monoisotopic (exact) mass is 377 g/mol. The van der Waals surface area contributed by atoms with Gasteiger partial charge >= 0.3 is 0 Å². The molecule has 27 heavy (non-hydrogen) atoms. The van der Waals surface area contributed by atoms with Crippen LogP contribution in [0.3, 0.4) is 0 Å². The zero-order valence-corrected chi connectivity index (χ0v) is 16.3. The summed E-state index contributed by atoms with van der Waals surface area (Å²) in [6.07, 6.45) is 3.36. The highest BCUT2D eigenvalue weighted by molar-refractivity contribution is 6.01. The fourth-order valence-corrected chi connectivity index (χ4v) is 3.10. The van der Waals surface area contributed by atoms with Gasteiger partial charge in [0.05, 0.1) is 13.1 Å². The third-order valence-corrected chi connectivity index (χ3v) is 4.74. The molecule has 1 aromatic carbocycles. The van der Waals surface area contributed by atoms with E-state index in [0.717, 1.165) is 26.2 Å². The van der Waals surface area contributed by atoms with Crippen molar-refractivity contribution in [3.8, 4) is 0 Å². The Hall–Kier alpha value is -1.80. The van der Waals surface area contributed by atoms with Crippen molar-refractivity contribution in [3.05, 3.63) is 35.4 Å². The maximum atomic E-state index is 12.4. The molecular formula is C20H31N3O4. The lowest BCUT2D eigenvalue weighted by Crippen LogP contribution is -2.37. The minimum absolute atomic E-state index is 0.0186. The van der Waals surface area contributed by atoms with Crippen LogP contribution >= 0.6 is 0 Å². The Morgan fingerprint density at radius 1 is 1.11 bits per heavy atom. The summed E-state index contributed by atoms with van der Waals surface area (Å²) >= 11 is 0. The highest BCUT2D eigenvalue weighted by Gasteiger charge is 2.13. The maximum Gasteiger partial charge on any atom is 0.251 e. The van der Waals surface area contributed by atoms with Gasteiger partial charge in [-0.3, -0.25) is 9.59 Å². The molecule has 1 aromatic rings. The zero-order chi connectivity index (χ0) is 19.5. The quantitative estimate of drug-likeness (QED) is 0.344. The second-order valence-electron chi connectivity index (χ2n) is 6.69. The van der Waals surface area contributed by atoms with Crippen molar-refractivity contribution in [2.75, 3.05) is 53.5 Å². The standard InChI is InChI=1S/C20H31N3O4/c1-26-19(27-2)15-22-20(25)17-8-6-7-16(13-17)18(24)14-21-9-12-23-10-4-3-5-11-23/h6-8,13,19,21H,3-5,9-12,14-15H2,1-2H3,(H,22,25). The largest absolute Gasteiger partial charge is 0.354 e. The number of ketones is 1. The lowest BCUT2D eigenvalue weighted by atomic mass is 10.1. The number of carbonyl (C=O) groups excluding carboxylic acids is 2. The molecule has 7 nitrogen and oxygen atoms in total. The lowest BCUT2D eigenvalue weighted by Gasteiger charge is -2.26. The lowest BCUT2D eigenvalue weighted by molar-refractivity contribution is -0.0974. The van der Waals surface area contributed by atoms with E-state index in [1.54, 1.807) is 24.3 Å². The van der Waals surface area contributed by atoms with E-state index in [2.05, 4.69) is 15.5 Å². The number of amides is 1. The molecule has 150 valence electrons. The number of methoxy groups -OCH3 is 2. The molecule has 0 bridgehead atoms. The van der Waals surface area contributed by atoms with Crippen molar-refractivity contribution in [1.29, 1.82) is 0 Å². The first kappa shape index (κ1) is 21.5. The predicted molar refractivity (Wildman–Crippen MR) is 104 cm³/mol. The van der Waals surface area contributed by atoms with Crippen molar-refractivity contribution >= 4 is 11.7 Å². The van der Waals surface area contributed by atoms with Crippen molar-refractivity contribution < 1.29 is 19.1 Å². The third-order valence-electron chi connectivity index (χ3n) is 4.74. The molecule has 2 N–H and O–H groups in total. The van der Waals surface area contributed by atoms with Gasteiger partial charge in [0.1, 0.15) is 0 Å². The number of carbonyl (C=O) groups is 2. The number of nitrogens with zero attached hydrogens (tertiary/aromatic N) is 1. The maximum absolute atomic E-state index is 12.4. The summed E-state index contributed by atoms with van der Waals surface area (Å²) in [4.78, 5) is 27.0. The highest BCUT2D eigenvalue weighted by atomic mass is 16.7. The summed E-state index contributed by atoms with van der Waals surface area (Å²) < 4.78 is 10.1. The first-order valence-corrected chi connectivity index (χ1v) is 9.54. The molecular weight excluding hydrogens is 346 g/mol. The summed E-state index contributed by atoms with van der Waals surface area (Å²) in [5.74, 6) is -0.281. The van der Waals surface area contributed by atoms with Gasteiger partial charge in [0.2, 0.25) is 0 Å². The minimum Gasteiger partial charge on any atom is -0.354 e. The molecule has 1 aliphatic heterocycles. The fourth-order valence-electron chi connectivity index (χ4n) is 3.10. The van der Waals surface area contributed by atoms with E-state index < -0.39 is 6.29 Å². The molecule has 1 saturated heterocycles. The van der Waals surface area contributed by atoms with E-state index in [9.17, 15) is 9.59 Å². The Morgan fingerprint density at radius 2 is 1.81 bits per heavy atom. The number of nitrogens with one attached hydrogen (secondary N) is 2. The molecule has 2 rings (SSSR count). The Bertz CT molecular complexity index is 599. The van der Waals surface area contributed by atoms with Crippen molar-refractivity contribution in [1.82, 2.24) is 15.5 Å². The molecule has 1 fully saturated rings. The topological polar surface area (TPSA) is 79.9 Å². The Balaban J connectivity index is 1.77. The van der Waals surface area contributed by atoms with Gasteiger partial charge in [0, 0.05) is 38.4 Å². The normalized spacial score (nSPS) is 15.1. The fraction of sp³-hybridized carbons (Fsp3) is 0.600. The van der Waals surface area contributed by atoms with Gasteiger partial charge in [-0.2, -0.15) is 0 Å². The van der Waals surface area contributed by atoms with Crippen LogP contribution in [0.1, 0.15) is 40.0 Å². The second kappa shape index (κ2) is 11.8. The Labute approximate surface area is 161 Å². The minimum atomic E-state index is -0.497. The molecule has 0 radical (unpaired) electrons. The number of hydrogen-bond donors (Lipinski definition) is 2. The van der Waals surface area contributed by atoms with Crippen LogP contribution in [-0.2, 0) is 9.47 Å². The van der Waals surface area contributed by atoms with Gasteiger partial charge in [0.15, 0.2) is 12.1 Å². The summed E-state index contributed by atoms with van der Waals surface area (Å²) in [7, 11) is 3.02. The predicted octanol–water partition coefficient (Wildman–Crippen LogP) is 1.29. The average Bonchev–Trinajstić information content (AvgIpc) is 2.72. The number of Topliss-reactive ketones (excluding diaryl/α,β-unsaturated/α-hetero) is 1. The van der Waals surface area contributed by atoms with Crippen LogP contribution in [0.5, 0.6) is 0 Å². The van der Waals surface area contributed by atoms with E-state index in [1.165, 1.54) is 33.5 Å². The summed E-state index contributed by atoms with van der Waals surface area (Å²) in [5, 5.41) is 5.94. The van der Waals surface area contributed by atoms with Gasteiger partial charge in [-0.15, -0.1) is 0 Å². The van der Waals surface area contributed by atoms with E-state index in [1.807, 2.05) is 0 Å². The van der Waals surface area contributed by atoms with Crippen molar-refractivity contribution in [2.24, 2.45) is 0 Å². The van der Waals surface area contributed by atoms with E-state index >= 15 is 0 Å². The molecule has 0 spiro atoms. The molecule has 1 aliphatic rings. The van der Waals surface area contributed by atoms with Gasteiger partial charge in [0.25, 0.3) is 5.91 Å². The van der Waals surface area contributed by atoms with Crippen LogP contribution in [0.4, 0.5) is 0 Å². The Morgan fingerprint density at radius 3 is 2.52 bits per heavy atom. The molecule has 0 aliphatic carbocycles. The van der Waals surface area contributed by atoms with Crippen LogP contribution in [0, 0.1) is 0 Å². The highest BCUT2D eigenvalue weighted by Crippen LogP contribution is 2.08. The van der Waals surface area contributed by atoms with Crippen molar-refractivity contribution in [2.45, 2.75) is 25.6 Å². The first-order chi connectivity index (χ1) is 13.1. The zero-order valence-electron chi connectivity index (χ0n) is 16.3. The second-order valence-corrected chi connectivity index (χ2v) is 6.69. The van der Waals surface area contributed by atoms with Crippen molar-refractivity contribution in [3.63, 3.8) is 0 Å². The SMILES string of the molecule is COC(CNC(=O)c1cccc(C(=O)CNCCN2CCCCC2)c1)OC. The van der Waals surface area contributed by atoms with Crippen LogP contribution in [-0.4, -0.2) is 76.4 Å². The van der Waals surface area contributed by atoms with E-state index in [-0.39, 0.29) is 24.8 Å². The number of ether oxygens (including phenoxy) is 2. The molecule has 7 heteroatoms. The summed E-state index contributed by atoms with van der Waals surface area (Å²) in [5.41, 5.74) is 0.975. The van der Waals surface area contributed by atoms with Crippen LogP contribution in [0.15, 0.2) is 24.3 Å². The molecule has 1 amide bonds. The van der Waals surface area contributed by atoms with Gasteiger partial charge in [-0.1, -0.05) is 18.6 Å². The Kier molecular flexibility index (Phi) is 9.41. The molecule has 0 aromatic heterocycles. The number of piperidine rings is 1. The van der Waals surface area contributed by atoms with Crippen LogP contribution < -0.4 is 10.6 Å². The third kappa shape index (κ3) is 7.38. The number of benzene rings is 1. The summed E-state index contributed by atoms with van der Waals surface area (Å²) in [6.45, 7) is 4.58. The molecule has 0 saturated carbocycles. The smallest absolute Gasteiger partial charge is 0.251 e. The van der Waals surface area contributed by atoms with E-state index in [4.69, 9.17) is 9.47 Å². The van der Waals surface area contributed by atoms with Gasteiger partial charge in [-0.25, -0.2) is 0 Å². The number of hydrogen-bond acceptors (Lipinski definition) is 6. The summed E-state index contributed by atoms with van der Waals surface area (Å²) in [6, 6.07) is 6.77. The average molecular weight is 377 g/mol. The number of likely N-dealkylation sites (tertiary alicyclic amines) is 1. The van der Waals surface area contributed by atoms with E-state index in [0.29, 0.717) is 11.1 Å². The van der Waals surface area contributed by atoms with Crippen LogP contribution in [0.25, 0.3) is 0 Å². The van der Waals surface area contributed by atoms with Gasteiger partial charge in [-0.05, 0) is 38.1 Å². The van der Waals surface area contributed by atoms with Crippen LogP contribution in [0.2, 0.25) is 0 Å². The molecule has 0 unspecified atom stereocenters. The molecule has 0 atom stereocenters.